The van der Waals surface area contributed by atoms with Gasteiger partial charge in [-0.3, -0.25) is 4.79 Å². The predicted molar refractivity (Wildman–Crippen MR) is 138 cm³/mol. The fourth-order valence-electron chi connectivity index (χ4n) is 3.30. The van der Waals surface area contributed by atoms with Crippen molar-refractivity contribution < 1.29 is 23.8 Å². The number of amides is 1. The summed E-state index contributed by atoms with van der Waals surface area (Å²) in [4.78, 5) is 37.3. The van der Waals surface area contributed by atoms with Gasteiger partial charge >= 0.3 is 12.0 Å². The fourth-order valence-corrected chi connectivity index (χ4v) is 3.30. The summed E-state index contributed by atoms with van der Waals surface area (Å²) >= 11 is 0. The molecule has 38 heavy (non-hydrogen) atoms. The van der Waals surface area contributed by atoms with Crippen molar-refractivity contribution in [3.63, 3.8) is 0 Å². The molecule has 2 aromatic carbocycles. The number of rotatable bonds is 6. The lowest BCUT2D eigenvalue weighted by molar-refractivity contribution is -0.114. The van der Waals surface area contributed by atoms with E-state index in [1.54, 1.807) is 45.0 Å². The Bertz CT molecular complexity index is 1490. The molecule has 0 saturated heterocycles. The lowest BCUT2D eigenvalue weighted by Gasteiger charge is -2.21. The van der Waals surface area contributed by atoms with Crippen LogP contribution < -0.4 is 31.6 Å². The maximum atomic E-state index is 12.7. The van der Waals surface area contributed by atoms with Crippen molar-refractivity contribution in [2.45, 2.75) is 26.4 Å². The fraction of sp³-hybridized carbons (Fsp3) is 0.200. The number of hydrogen-bond acceptors (Lipinski definition) is 10. The van der Waals surface area contributed by atoms with Crippen molar-refractivity contribution in [2.24, 2.45) is 16.5 Å². The molecule has 4 rings (SSSR count). The average molecular weight is 517 g/mol. The molecule has 0 fully saturated rings. The molecule has 3 aromatic rings. The van der Waals surface area contributed by atoms with Crippen LogP contribution in [0, 0.1) is 11.3 Å². The standard InChI is InChI=1S/C25H24N8O5/c1-25(2,3)38-22(35)17-10-16(8-7-13(17)11-26)36-21-19-20(29-12-18(34)31-19)32-24(33-21)37-15-6-4-5-14(9-15)30-23(27)28/h4-10H,12H2,1-3H3,(H,31,34)(H4,27,28,30)(H,29,32,33). The third kappa shape index (κ3) is 6.24. The lowest BCUT2D eigenvalue weighted by atomic mass is 10.1. The van der Waals surface area contributed by atoms with E-state index in [1.165, 1.54) is 18.2 Å². The second-order valence-electron chi connectivity index (χ2n) is 9.00. The van der Waals surface area contributed by atoms with Gasteiger partial charge in [-0.25, -0.2) is 9.79 Å². The Hall–Kier alpha value is -5.38. The van der Waals surface area contributed by atoms with Gasteiger partial charge in [-0.15, -0.1) is 0 Å². The molecule has 0 atom stereocenters. The molecule has 0 saturated carbocycles. The zero-order valence-corrected chi connectivity index (χ0v) is 20.7. The van der Waals surface area contributed by atoms with Gasteiger partial charge in [0.15, 0.2) is 11.8 Å². The van der Waals surface area contributed by atoms with Gasteiger partial charge in [0.05, 0.1) is 23.4 Å². The third-order valence-corrected chi connectivity index (χ3v) is 4.77. The topological polar surface area (TPSA) is 200 Å². The summed E-state index contributed by atoms with van der Waals surface area (Å²) in [5.41, 5.74) is 10.9. The molecule has 0 unspecified atom stereocenters. The number of fused-ring (bicyclic) bond motifs is 1. The average Bonchev–Trinajstić information content (AvgIpc) is 2.83. The minimum atomic E-state index is -0.771. The second kappa shape index (κ2) is 10.3. The molecule has 0 bridgehead atoms. The number of hydrogen-bond donors (Lipinski definition) is 4. The molecule has 1 aliphatic rings. The number of nitrogens with two attached hydrogens (primary N) is 2. The van der Waals surface area contributed by atoms with Gasteiger partial charge in [0.25, 0.3) is 5.88 Å². The van der Waals surface area contributed by atoms with Crippen molar-refractivity contribution in [3.8, 4) is 29.5 Å². The summed E-state index contributed by atoms with van der Waals surface area (Å²) in [6, 6.07) is 12.7. The van der Waals surface area contributed by atoms with Crippen LogP contribution in [0.5, 0.6) is 23.4 Å². The Kier molecular flexibility index (Phi) is 6.98. The minimum absolute atomic E-state index is 0.0121. The smallest absolute Gasteiger partial charge is 0.340 e. The van der Waals surface area contributed by atoms with Crippen LogP contribution in [0.3, 0.4) is 0 Å². The van der Waals surface area contributed by atoms with Crippen LogP contribution in [0.15, 0.2) is 47.5 Å². The number of anilines is 2. The third-order valence-electron chi connectivity index (χ3n) is 4.77. The largest absolute Gasteiger partial charge is 0.456 e. The number of ether oxygens (including phenoxy) is 3. The van der Waals surface area contributed by atoms with E-state index in [0.29, 0.717) is 11.4 Å². The highest BCUT2D eigenvalue weighted by Crippen LogP contribution is 2.38. The summed E-state index contributed by atoms with van der Waals surface area (Å²) in [5, 5.41) is 15.0. The SMILES string of the molecule is CC(C)(C)OC(=O)c1cc(Oc2nc(Oc3cccc(N=C(N)N)c3)nc3c2NC(=O)CN3)ccc1C#N. The molecule has 13 heteroatoms. The van der Waals surface area contributed by atoms with E-state index in [-0.39, 0.29) is 58.7 Å². The monoisotopic (exact) mass is 516 g/mol. The Morgan fingerprint density at radius 3 is 2.58 bits per heavy atom. The van der Waals surface area contributed by atoms with Gasteiger partial charge < -0.3 is 36.3 Å². The number of nitrogens with one attached hydrogen (secondary N) is 2. The van der Waals surface area contributed by atoms with Crippen LogP contribution in [0.4, 0.5) is 17.2 Å². The van der Waals surface area contributed by atoms with Gasteiger partial charge in [0.1, 0.15) is 28.9 Å². The molecule has 0 aliphatic carbocycles. The Morgan fingerprint density at radius 2 is 1.87 bits per heavy atom. The summed E-state index contributed by atoms with van der Waals surface area (Å²) in [6.45, 7) is 5.13. The maximum absolute atomic E-state index is 12.7. The molecule has 6 N–H and O–H groups in total. The van der Waals surface area contributed by atoms with Gasteiger partial charge in [-0.2, -0.15) is 15.2 Å². The Labute approximate surface area is 217 Å². The molecule has 2 heterocycles. The molecule has 1 aliphatic heterocycles. The minimum Gasteiger partial charge on any atom is -0.456 e. The first kappa shape index (κ1) is 25.7. The normalized spacial score (nSPS) is 12.2. The first-order valence-electron chi connectivity index (χ1n) is 11.3. The quantitative estimate of drug-likeness (QED) is 0.213. The van der Waals surface area contributed by atoms with Crippen LogP contribution in [-0.2, 0) is 9.53 Å². The van der Waals surface area contributed by atoms with Gasteiger partial charge in [0.2, 0.25) is 5.91 Å². The van der Waals surface area contributed by atoms with Crippen LogP contribution >= 0.6 is 0 Å². The van der Waals surface area contributed by atoms with Crippen molar-refractivity contribution in [1.82, 2.24) is 9.97 Å². The summed E-state index contributed by atoms with van der Waals surface area (Å²) < 4.78 is 17.2. The van der Waals surface area contributed by atoms with E-state index in [1.807, 2.05) is 6.07 Å². The predicted octanol–water partition coefficient (Wildman–Crippen LogP) is 3.16. The maximum Gasteiger partial charge on any atom is 0.340 e. The number of guanidine groups is 1. The molecule has 13 nitrogen and oxygen atoms in total. The number of aromatic nitrogens is 2. The molecule has 0 spiro atoms. The summed E-state index contributed by atoms with van der Waals surface area (Å²) in [6.07, 6.45) is 0. The van der Waals surface area contributed by atoms with E-state index in [0.717, 1.165) is 0 Å². The van der Waals surface area contributed by atoms with Crippen LogP contribution in [0.25, 0.3) is 0 Å². The molecule has 194 valence electrons. The number of nitrogens with zero attached hydrogens (tertiary/aromatic N) is 4. The zero-order valence-electron chi connectivity index (χ0n) is 20.7. The van der Waals surface area contributed by atoms with E-state index in [9.17, 15) is 14.9 Å². The molecule has 1 aromatic heterocycles. The number of carbonyl (C=O) groups is 2. The summed E-state index contributed by atoms with van der Waals surface area (Å²) in [5.74, 6) is -0.453. The Balaban J connectivity index is 1.70. The number of esters is 1. The van der Waals surface area contributed by atoms with Crippen molar-refractivity contribution in [2.75, 3.05) is 17.2 Å². The van der Waals surface area contributed by atoms with Crippen molar-refractivity contribution in [3.05, 3.63) is 53.6 Å². The summed E-state index contributed by atoms with van der Waals surface area (Å²) in [7, 11) is 0. The van der Waals surface area contributed by atoms with Crippen molar-refractivity contribution in [1.29, 1.82) is 5.26 Å². The van der Waals surface area contributed by atoms with E-state index >= 15 is 0 Å². The molecule has 1 amide bonds. The number of carbonyl (C=O) groups excluding carboxylic acids is 2. The number of nitriles is 1. The van der Waals surface area contributed by atoms with Gasteiger partial charge in [-0.05, 0) is 51.1 Å². The van der Waals surface area contributed by atoms with Gasteiger partial charge in [0, 0.05) is 6.07 Å². The molecule has 0 radical (unpaired) electrons. The van der Waals surface area contributed by atoms with Crippen LogP contribution in [0.1, 0.15) is 36.7 Å². The lowest BCUT2D eigenvalue weighted by Crippen LogP contribution is -2.28. The van der Waals surface area contributed by atoms with E-state index in [2.05, 4.69) is 25.6 Å². The van der Waals surface area contributed by atoms with Crippen LogP contribution in [0.2, 0.25) is 0 Å². The zero-order chi connectivity index (χ0) is 27.4. The van der Waals surface area contributed by atoms with Crippen LogP contribution in [-0.4, -0.2) is 39.9 Å². The highest BCUT2D eigenvalue weighted by atomic mass is 16.6. The first-order chi connectivity index (χ1) is 18.0. The highest BCUT2D eigenvalue weighted by Gasteiger charge is 2.25. The van der Waals surface area contributed by atoms with Gasteiger partial charge in [-0.1, -0.05) is 6.07 Å². The second-order valence-corrected chi connectivity index (χ2v) is 9.00. The molecular weight excluding hydrogens is 492 g/mol. The van der Waals surface area contributed by atoms with E-state index < -0.39 is 11.6 Å². The highest BCUT2D eigenvalue weighted by molar-refractivity contribution is 6.01. The Morgan fingerprint density at radius 1 is 1.11 bits per heavy atom. The first-order valence-corrected chi connectivity index (χ1v) is 11.3. The van der Waals surface area contributed by atoms with E-state index in [4.69, 9.17) is 25.7 Å². The number of benzene rings is 2. The molecular formula is C25H24N8O5. The van der Waals surface area contributed by atoms with Crippen molar-refractivity contribution >= 4 is 35.0 Å². The number of aliphatic imine (C=N–C) groups is 1.